The average molecular weight is 532 g/mol. The molecule has 0 bridgehead atoms. The van der Waals surface area contributed by atoms with Gasteiger partial charge in [0.1, 0.15) is 4.90 Å². The molecule has 1 heterocycles. The minimum atomic E-state index is -4.07. The monoisotopic (exact) mass is 531 g/mol. The van der Waals surface area contributed by atoms with Crippen LogP contribution in [0.3, 0.4) is 0 Å². The molecule has 1 amide bonds. The lowest BCUT2D eigenvalue weighted by molar-refractivity contribution is -0.385. The van der Waals surface area contributed by atoms with E-state index in [2.05, 4.69) is 0 Å². The lowest BCUT2D eigenvalue weighted by Crippen LogP contribution is -2.50. The number of hydrogen-bond acceptors (Lipinski definition) is 6. The maximum Gasteiger partial charge on any atom is 0.270 e. The molecular weight excluding hydrogens is 509 g/mol. The molecule has 0 saturated carbocycles. The Kier molecular flexibility index (Phi) is 8.28. The van der Waals surface area contributed by atoms with Crippen LogP contribution in [-0.2, 0) is 14.8 Å². The van der Waals surface area contributed by atoms with Crippen molar-refractivity contribution in [3.8, 4) is 0 Å². The van der Waals surface area contributed by atoms with E-state index in [-0.39, 0.29) is 48.6 Å². The zero-order valence-electron chi connectivity index (χ0n) is 18.0. The quantitative estimate of drug-likeness (QED) is 0.370. The van der Waals surface area contributed by atoms with Crippen LogP contribution in [0.2, 0.25) is 10.0 Å². The van der Waals surface area contributed by atoms with Crippen LogP contribution in [0.1, 0.15) is 20.3 Å². The van der Waals surface area contributed by atoms with Crippen LogP contribution in [-0.4, -0.2) is 54.6 Å². The highest BCUT2D eigenvalue weighted by Crippen LogP contribution is 2.40. The molecule has 1 fully saturated rings. The highest BCUT2D eigenvalue weighted by molar-refractivity contribution is 8.00. The summed E-state index contributed by atoms with van der Waals surface area (Å²) in [7, 11) is -4.07. The Balaban J connectivity index is 1.91. The first kappa shape index (κ1) is 25.8. The summed E-state index contributed by atoms with van der Waals surface area (Å²) in [4.78, 5) is 25.3. The number of nitrogens with zero attached hydrogens (tertiary/aromatic N) is 3. The Morgan fingerprint density at radius 2 is 1.76 bits per heavy atom. The van der Waals surface area contributed by atoms with Crippen molar-refractivity contribution < 1.29 is 18.1 Å². The first-order valence-electron chi connectivity index (χ1n) is 10.2. The summed E-state index contributed by atoms with van der Waals surface area (Å²) < 4.78 is 28.3. The van der Waals surface area contributed by atoms with Gasteiger partial charge in [0.15, 0.2) is 0 Å². The molecule has 2 aromatic carbocycles. The second-order valence-corrected chi connectivity index (χ2v) is 11.8. The zero-order valence-corrected chi connectivity index (χ0v) is 21.2. The Hall–Kier alpha value is -1.85. The van der Waals surface area contributed by atoms with E-state index < -0.39 is 14.9 Å². The molecule has 8 nitrogen and oxygen atoms in total. The topological polar surface area (TPSA) is 101 Å². The van der Waals surface area contributed by atoms with Crippen LogP contribution in [0.4, 0.5) is 5.69 Å². The number of benzene rings is 2. The van der Waals surface area contributed by atoms with E-state index in [9.17, 15) is 23.3 Å². The summed E-state index contributed by atoms with van der Waals surface area (Å²) in [6.45, 7) is 4.65. The molecule has 0 unspecified atom stereocenters. The second kappa shape index (κ2) is 10.6. The van der Waals surface area contributed by atoms with Gasteiger partial charge in [0.05, 0.1) is 9.95 Å². The minimum Gasteiger partial charge on any atom is -0.340 e. The number of rotatable bonds is 7. The van der Waals surface area contributed by atoms with Gasteiger partial charge in [-0.15, -0.1) is 0 Å². The molecule has 2 aromatic rings. The maximum atomic E-state index is 13.5. The van der Waals surface area contributed by atoms with Gasteiger partial charge < -0.3 is 4.90 Å². The highest BCUT2D eigenvalue weighted by atomic mass is 35.5. The van der Waals surface area contributed by atoms with E-state index in [0.717, 1.165) is 17.8 Å². The molecule has 12 heteroatoms. The summed E-state index contributed by atoms with van der Waals surface area (Å²) in [5.74, 6) is 0.200. The van der Waals surface area contributed by atoms with E-state index in [1.54, 1.807) is 23.1 Å². The predicted molar refractivity (Wildman–Crippen MR) is 128 cm³/mol. The Morgan fingerprint density at radius 3 is 2.36 bits per heavy atom. The molecule has 3 rings (SSSR count). The Morgan fingerprint density at radius 1 is 1.09 bits per heavy atom. The first-order chi connectivity index (χ1) is 15.5. The predicted octanol–water partition coefficient (Wildman–Crippen LogP) is 4.93. The normalized spacial score (nSPS) is 15.1. The van der Waals surface area contributed by atoms with Crippen molar-refractivity contribution >= 4 is 56.6 Å². The van der Waals surface area contributed by atoms with Crippen molar-refractivity contribution in [1.82, 2.24) is 9.21 Å². The van der Waals surface area contributed by atoms with Crippen LogP contribution < -0.4 is 0 Å². The molecule has 0 aromatic heterocycles. The minimum absolute atomic E-state index is 0.00996. The van der Waals surface area contributed by atoms with Crippen LogP contribution in [0, 0.1) is 16.0 Å². The standard InChI is InChI=1S/C21H23Cl2N3O5S2/c1-14(2)11-21(27)24-7-9-25(10-8-24)33(30,31)20-13-16(26(28)29)4-6-18(20)32-19-12-15(22)3-5-17(19)23/h3-6,12-14H,7-11H2,1-2H3. The van der Waals surface area contributed by atoms with E-state index in [4.69, 9.17) is 23.2 Å². The Bertz CT molecular complexity index is 1170. The van der Waals surface area contributed by atoms with E-state index in [1.165, 1.54) is 16.4 Å². The molecule has 1 aliphatic rings. The first-order valence-corrected chi connectivity index (χ1v) is 13.2. The third-order valence-electron chi connectivity index (χ3n) is 5.04. The number of halogens is 2. The number of hydrogen-bond donors (Lipinski definition) is 0. The summed E-state index contributed by atoms with van der Waals surface area (Å²) in [5, 5.41) is 12.1. The third-order valence-corrected chi connectivity index (χ3v) is 8.92. The van der Waals surface area contributed by atoms with Crippen molar-refractivity contribution in [2.45, 2.75) is 35.0 Å². The van der Waals surface area contributed by atoms with Crippen molar-refractivity contribution in [1.29, 1.82) is 0 Å². The molecular formula is C21H23Cl2N3O5S2. The van der Waals surface area contributed by atoms with Gasteiger partial charge >= 0.3 is 0 Å². The molecule has 1 saturated heterocycles. The number of amides is 1. The largest absolute Gasteiger partial charge is 0.340 e. The molecule has 178 valence electrons. The number of carbonyl (C=O) groups excluding carboxylic acids is 1. The Labute approximate surface area is 207 Å². The molecule has 0 N–H and O–H groups in total. The summed E-state index contributed by atoms with van der Waals surface area (Å²) in [6, 6.07) is 8.52. The van der Waals surface area contributed by atoms with Gasteiger partial charge in [0.2, 0.25) is 15.9 Å². The lowest BCUT2D eigenvalue weighted by atomic mass is 10.1. The summed E-state index contributed by atoms with van der Waals surface area (Å²) >= 11 is 13.4. The van der Waals surface area contributed by atoms with E-state index in [0.29, 0.717) is 26.3 Å². The number of sulfonamides is 1. The van der Waals surface area contributed by atoms with Crippen LogP contribution in [0.5, 0.6) is 0 Å². The zero-order chi connectivity index (χ0) is 24.3. The molecule has 0 spiro atoms. The lowest BCUT2D eigenvalue weighted by Gasteiger charge is -2.34. The van der Waals surface area contributed by atoms with E-state index in [1.807, 2.05) is 13.8 Å². The van der Waals surface area contributed by atoms with Crippen molar-refractivity contribution in [2.24, 2.45) is 5.92 Å². The van der Waals surface area contributed by atoms with E-state index >= 15 is 0 Å². The van der Waals surface area contributed by atoms with Gasteiger partial charge in [-0.25, -0.2) is 8.42 Å². The van der Waals surface area contributed by atoms with Crippen LogP contribution in [0.15, 0.2) is 51.1 Å². The molecule has 0 aliphatic carbocycles. The molecule has 33 heavy (non-hydrogen) atoms. The van der Waals surface area contributed by atoms with Crippen LogP contribution in [0.25, 0.3) is 0 Å². The summed E-state index contributed by atoms with van der Waals surface area (Å²) in [6.07, 6.45) is 0.402. The fourth-order valence-corrected chi connectivity index (χ4v) is 6.67. The van der Waals surface area contributed by atoms with Gasteiger partial charge in [-0.05, 0) is 30.2 Å². The number of non-ortho nitro benzene ring substituents is 1. The number of carbonyl (C=O) groups is 1. The summed E-state index contributed by atoms with van der Waals surface area (Å²) in [5.41, 5.74) is -0.333. The maximum absolute atomic E-state index is 13.5. The van der Waals surface area contributed by atoms with Crippen molar-refractivity contribution in [3.63, 3.8) is 0 Å². The fourth-order valence-electron chi connectivity index (χ4n) is 3.37. The molecule has 0 radical (unpaired) electrons. The average Bonchev–Trinajstić information content (AvgIpc) is 2.76. The van der Waals surface area contributed by atoms with Gasteiger partial charge in [0, 0.05) is 59.5 Å². The van der Waals surface area contributed by atoms with Gasteiger partial charge in [-0.2, -0.15) is 4.31 Å². The fraction of sp³-hybridized carbons (Fsp3) is 0.381. The third kappa shape index (κ3) is 6.19. The SMILES string of the molecule is CC(C)CC(=O)N1CCN(S(=O)(=O)c2cc([N+](=O)[O-])ccc2Sc2cc(Cl)ccc2Cl)CC1. The van der Waals surface area contributed by atoms with Crippen molar-refractivity contribution in [3.05, 3.63) is 56.6 Å². The van der Waals surface area contributed by atoms with Crippen LogP contribution >= 0.6 is 35.0 Å². The number of nitro groups is 1. The van der Waals surface area contributed by atoms with Crippen molar-refractivity contribution in [2.75, 3.05) is 26.2 Å². The molecule has 1 aliphatic heterocycles. The smallest absolute Gasteiger partial charge is 0.270 e. The van der Waals surface area contributed by atoms with Gasteiger partial charge in [-0.3, -0.25) is 14.9 Å². The van der Waals surface area contributed by atoms with Gasteiger partial charge in [-0.1, -0.05) is 48.8 Å². The number of piperazine rings is 1. The molecule has 0 atom stereocenters. The van der Waals surface area contributed by atoms with Gasteiger partial charge in [0.25, 0.3) is 5.69 Å². The highest BCUT2D eigenvalue weighted by Gasteiger charge is 2.33. The second-order valence-electron chi connectivity index (χ2n) is 7.95. The number of nitro benzene ring substituents is 1.